The van der Waals surface area contributed by atoms with Crippen molar-refractivity contribution in [1.82, 2.24) is 0 Å². The number of benzene rings is 1. The van der Waals surface area contributed by atoms with E-state index in [-0.39, 0.29) is 5.82 Å². The molecule has 52 valence electrons. The molecule has 0 saturated carbocycles. The predicted octanol–water partition coefficient (Wildman–Crippen LogP) is 1.92. The molecule has 1 nitrogen and oxygen atoms in total. The van der Waals surface area contributed by atoms with Crippen LogP contribution in [0.2, 0.25) is 0 Å². The zero-order valence-corrected chi connectivity index (χ0v) is 6.24. The molecular formula is C7H6FOS+. The van der Waals surface area contributed by atoms with Gasteiger partial charge in [-0.2, -0.15) is 0 Å². The number of hydrogen-bond acceptors (Lipinski definition) is 1. The SMILES string of the molecule is Cc1c(F)cccc1[S+]=O. The van der Waals surface area contributed by atoms with E-state index in [1.54, 1.807) is 13.0 Å². The number of rotatable bonds is 1. The van der Waals surface area contributed by atoms with Crippen LogP contribution in [0.3, 0.4) is 0 Å². The topological polar surface area (TPSA) is 17.1 Å². The van der Waals surface area contributed by atoms with Crippen LogP contribution in [-0.4, -0.2) is 0 Å². The molecule has 1 rings (SSSR count). The minimum atomic E-state index is -0.319. The first kappa shape index (κ1) is 7.28. The van der Waals surface area contributed by atoms with Gasteiger partial charge in [-0.25, -0.2) is 4.39 Å². The Bertz CT molecular complexity index is 260. The minimum absolute atomic E-state index is 0.319. The molecule has 0 spiro atoms. The second-order valence-corrected chi connectivity index (χ2v) is 2.55. The van der Waals surface area contributed by atoms with Gasteiger partial charge in [-0.15, -0.1) is 0 Å². The van der Waals surface area contributed by atoms with E-state index in [9.17, 15) is 8.60 Å². The van der Waals surface area contributed by atoms with Gasteiger partial charge in [0.25, 0.3) is 4.90 Å². The van der Waals surface area contributed by atoms with Crippen molar-refractivity contribution in [2.24, 2.45) is 0 Å². The zero-order chi connectivity index (χ0) is 7.56. The summed E-state index contributed by atoms with van der Waals surface area (Å²) in [5, 5.41) is 0. The molecule has 0 saturated heterocycles. The van der Waals surface area contributed by atoms with Crippen molar-refractivity contribution in [3.63, 3.8) is 0 Å². The molecule has 0 unspecified atom stereocenters. The molecule has 0 aliphatic heterocycles. The van der Waals surface area contributed by atoms with E-state index in [1.807, 2.05) is 0 Å². The van der Waals surface area contributed by atoms with Gasteiger partial charge in [0.1, 0.15) is 5.82 Å². The lowest BCUT2D eigenvalue weighted by Crippen LogP contribution is -1.85. The van der Waals surface area contributed by atoms with Gasteiger partial charge >= 0.3 is 11.7 Å². The lowest BCUT2D eigenvalue weighted by atomic mass is 10.2. The molecule has 10 heavy (non-hydrogen) atoms. The third kappa shape index (κ3) is 1.19. The van der Waals surface area contributed by atoms with Gasteiger partial charge in [0.05, 0.1) is 5.56 Å². The number of hydrogen-bond donors (Lipinski definition) is 0. The van der Waals surface area contributed by atoms with Crippen LogP contribution in [0, 0.1) is 12.7 Å². The Kier molecular flexibility index (Phi) is 2.06. The Morgan fingerprint density at radius 3 is 2.70 bits per heavy atom. The molecule has 0 N–H and O–H groups in total. The average molecular weight is 157 g/mol. The molecule has 0 heterocycles. The molecule has 1 aromatic carbocycles. The van der Waals surface area contributed by atoms with Crippen molar-refractivity contribution < 1.29 is 8.60 Å². The number of halogens is 1. The highest BCUT2D eigenvalue weighted by molar-refractivity contribution is 7.65. The van der Waals surface area contributed by atoms with E-state index < -0.39 is 0 Å². The Balaban J connectivity index is 3.27. The van der Waals surface area contributed by atoms with Gasteiger partial charge in [-0.05, 0) is 13.0 Å². The van der Waals surface area contributed by atoms with Crippen LogP contribution in [-0.2, 0) is 15.9 Å². The van der Waals surface area contributed by atoms with Crippen molar-refractivity contribution >= 4 is 11.7 Å². The van der Waals surface area contributed by atoms with Crippen LogP contribution in [0.4, 0.5) is 4.39 Å². The summed E-state index contributed by atoms with van der Waals surface area (Å²) in [5.74, 6) is -0.319. The summed E-state index contributed by atoms with van der Waals surface area (Å²) in [5.41, 5.74) is 0.433. The van der Waals surface area contributed by atoms with Gasteiger partial charge in [-0.1, -0.05) is 6.07 Å². The van der Waals surface area contributed by atoms with Crippen molar-refractivity contribution in [1.29, 1.82) is 0 Å². The third-order valence-corrected chi connectivity index (χ3v) is 1.93. The highest BCUT2D eigenvalue weighted by atomic mass is 32.1. The largest absolute Gasteiger partial charge is 0.505 e. The zero-order valence-electron chi connectivity index (χ0n) is 5.43. The monoisotopic (exact) mass is 157 g/mol. The van der Waals surface area contributed by atoms with Crippen molar-refractivity contribution in [3.8, 4) is 0 Å². The van der Waals surface area contributed by atoms with Gasteiger partial charge in [0.2, 0.25) is 0 Å². The molecule has 1 aromatic rings. The quantitative estimate of drug-likeness (QED) is 0.569. The Labute approximate surface area is 62.4 Å². The molecule has 0 aromatic heterocycles. The summed E-state index contributed by atoms with van der Waals surface area (Å²) >= 11 is 0.320. The summed E-state index contributed by atoms with van der Waals surface area (Å²) in [6.07, 6.45) is 0. The highest BCUT2D eigenvalue weighted by Gasteiger charge is 2.12. The molecule has 0 aliphatic carbocycles. The summed E-state index contributed by atoms with van der Waals surface area (Å²) < 4.78 is 22.9. The van der Waals surface area contributed by atoms with Crippen LogP contribution in [0.5, 0.6) is 0 Å². The van der Waals surface area contributed by atoms with Crippen LogP contribution >= 0.6 is 0 Å². The summed E-state index contributed by atoms with van der Waals surface area (Å²) in [6, 6.07) is 4.48. The van der Waals surface area contributed by atoms with E-state index in [0.29, 0.717) is 22.1 Å². The maximum atomic E-state index is 12.6. The fourth-order valence-electron chi connectivity index (χ4n) is 0.678. The standard InChI is InChI=1S/C7H6FOS/c1-5-6(8)3-2-4-7(5)10-9/h2-4H,1H3/q+1. The lowest BCUT2D eigenvalue weighted by Gasteiger charge is -1.88. The lowest BCUT2D eigenvalue weighted by molar-refractivity contribution is 0.598. The van der Waals surface area contributed by atoms with E-state index in [1.165, 1.54) is 12.1 Å². The first-order valence-corrected chi connectivity index (χ1v) is 3.55. The smallest absolute Gasteiger partial charge is 0.206 e. The van der Waals surface area contributed by atoms with Crippen LogP contribution in [0.15, 0.2) is 23.1 Å². The molecular weight excluding hydrogens is 151 g/mol. The Morgan fingerprint density at radius 2 is 2.20 bits per heavy atom. The third-order valence-electron chi connectivity index (χ3n) is 1.31. The van der Waals surface area contributed by atoms with Crippen molar-refractivity contribution in [2.75, 3.05) is 0 Å². The Morgan fingerprint density at radius 1 is 1.50 bits per heavy atom. The summed E-state index contributed by atoms with van der Waals surface area (Å²) in [4.78, 5) is 0.458. The summed E-state index contributed by atoms with van der Waals surface area (Å²) in [7, 11) is 0. The van der Waals surface area contributed by atoms with E-state index >= 15 is 0 Å². The van der Waals surface area contributed by atoms with Gasteiger partial charge in [0, 0.05) is 10.3 Å². The fraction of sp³-hybridized carbons (Fsp3) is 0.143. The summed E-state index contributed by atoms with van der Waals surface area (Å²) in [6.45, 7) is 1.59. The van der Waals surface area contributed by atoms with Crippen LogP contribution in [0.1, 0.15) is 5.56 Å². The maximum absolute atomic E-state index is 12.6. The molecule has 3 heteroatoms. The predicted molar refractivity (Wildman–Crippen MR) is 37.5 cm³/mol. The van der Waals surface area contributed by atoms with Gasteiger partial charge in [0.15, 0.2) is 0 Å². The maximum Gasteiger partial charge on any atom is 0.505 e. The molecule has 0 bridgehead atoms. The first-order valence-electron chi connectivity index (χ1n) is 2.80. The van der Waals surface area contributed by atoms with Crippen LogP contribution < -0.4 is 0 Å². The van der Waals surface area contributed by atoms with E-state index in [0.717, 1.165) is 0 Å². The van der Waals surface area contributed by atoms with E-state index in [2.05, 4.69) is 0 Å². The Hall–Kier alpha value is -0.830. The molecule has 0 radical (unpaired) electrons. The minimum Gasteiger partial charge on any atom is -0.206 e. The fourth-order valence-corrected chi connectivity index (χ4v) is 1.03. The second kappa shape index (κ2) is 2.84. The van der Waals surface area contributed by atoms with Crippen molar-refractivity contribution in [2.45, 2.75) is 11.8 Å². The normalized spacial score (nSPS) is 9.40. The molecule has 0 fully saturated rings. The first-order chi connectivity index (χ1) is 4.75. The molecule has 0 amide bonds. The van der Waals surface area contributed by atoms with Crippen LogP contribution in [0.25, 0.3) is 0 Å². The second-order valence-electron chi connectivity index (χ2n) is 1.95. The van der Waals surface area contributed by atoms with Crippen molar-refractivity contribution in [3.05, 3.63) is 29.6 Å². The molecule has 0 aliphatic rings. The average Bonchev–Trinajstić information content (AvgIpc) is 1.95. The van der Waals surface area contributed by atoms with E-state index in [4.69, 9.17) is 0 Å². The van der Waals surface area contributed by atoms with Gasteiger partial charge < -0.3 is 0 Å². The highest BCUT2D eigenvalue weighted by Crippen LogP contribution is 2.11. The van der Waals surface area contributed by atoms with Gasteiger partial charge in [-0.3, -0.25) is 0 Å². The molecule has 0 atom stereocenters.